The number of rotatable bonds is 1. The molecule has 1 N–H and O–H groups in total. The molecule has 0 aromatic heterocycles. The van der Waals surface area contributed by atoms with Gasteiger partial charge in [-0.15, -0.1) is 0 Å². The van der Waals surface area contributed by atoms with Crippen LogP contribution in [0.2, 0.25) is 0 Å². The molecule has 0 radical (unpaired) electrons. The Bertz CT molecular complexity index is 586. The molecule has 2 atom stereocenters. The highest BCUT2D eigenvalue weighted by Gasteiger charge is 2.29. The van der Waals surface area contributed by atoms with Gasteiger partial charge in [0.25, 0.3) is 0 Å². The van der Waals surface area contributed by atoms with Crippen LogP contribution in [0.15, 0.2) is 42.5 Å². The molecule has 0 aliphatic carbocycles. The minimum absolute atomic E-state index is 0.0985. The van der Waals surface area contributed by atoms with E-state index in [0.717, 1.165) is 16.3 Å². The number of aliphatic hydroxyl groups excluding tert-OH is 1. The van der Waals surface area contributed by atoms with Gasteiger partial charge < -0.3 is 9.84 Å². The highest BCUT2D eigenvalue weighted by molar-refractivity contribution is 5.86. The lowest BCUT2D eigenvalue weighted by Gasteiger charge is -2.27. The summed E-state index contributed by atoms with van der Waals surface area (Å²) >= 11 is 0. The molecule has 2 aromatic carbocycles. The van der Waals surface area contributed by atoms with Gasteiger partial charge in [0.05, 0.1) is 12.5 Å². The molecule has 1 aliphatic rings. The minimum Gasteiger partial charge on any atom is -0.457 e. The third-order valence-corrected chi connectivity index (χ3v) is 3.33. The number of esters is 1. The molecular weight excluding hydrogens is 228 g/mol. The van der Waals surface area contributed by atoms with Crippen molar-refractivity contribution >= 4 is 16.7 Å². The molecule has 0 unspecified atom stereocenters. The summed E-state index contributed by atoms with van der Waals surface area (Å²) in [4.78, 5) is 11.4. The van der Waals surface area contributed by atoms with Crippen LogP contribution in [0.4, 0.5) is 0 Å². The number of hydrogen-bond acceptors (Lipinski definition) is 3. The first-order valence-electron chi connectivity index (χ1n) is 6.09. The summed E-state index contributed by atoms with van der Waals surface area (Å²) in [6.07, 6.45) is -0.372. The van der Waals surface area contributed by atoms with Gasteiger partial charge in [0.2, 0.25) is 0 Å². The van der Waals surface area contributed by atoms with Gasteiger partial charge in [-0.05, 0) is 10.8 Å². The van der Waals surface area contributed by atoms with Crippen LogP contribution in [0.25, 0.3) is 10.8 Å². The summed E-state index contributed by atoms with van der Waals surface area (Å²) < 4.78 is 5.35. The molecule has 1 fully saturated rings. The number of fused-ring (bicyclic) bond motifs is 1. The molecule has 3 heteroatoms. The van der Waals surface area contributed by atoms with Crippen molar-refractivity contribution in [1.29, 1.82) is 0 Å². The Morgan fingerprint density at radius 1 is 1.11 bits per heavy atom. The third-order valence-electron chi connectivity index (χ3n) is 3.33. The van der Waals surface area contributed by atoms with E-state index >= 15 is 0 Å². The van der Waals surface area contributed by atoms with Crippen LogP contribution >= 0.6 is 0 Å². The van der Waals surface area contributed by atoms with Crippen molar-refractivity contribution in [3.8, 4) is 0 Å². The fourth-order valence-electron chi connectivity index (χ4n) is 2.50. The lowest BCUT2D eigenvalue weighted by molar-refractivity contribution is -0.160. The van der Waals surface area contributed by atoms with Crippen molar-refractivity contribution in [3.05, 3.63) is 48.0 Å². The van der Waals surface area contributed by atoms with E-state index in [1.54, 1.807) is 0 Å². The number of cyclic esters (lactones) is 1. The van der Waals surface area contributed by atoms with Crippen LogP contribution in [0.3, 0.4) is 0 Å². The molecule has 3 nitrogen and oxygen atoms in total. The zero-order valence-electron chi connectivity index (χ0n) is 9.87. The molecule has 0 amide bonds. The fraction of sp³-hybridized carbons (Fsp3) is 0.267. The van der Waals surface area contributed by atoms with E-state index in [1.165, 1.54) is 0 Å². The highest BCUT2D eigenvalue weighted by Crippen LogP contribution is 2.33. The normalized spacial score (nSPS) is 23.9. The van der Waals surface area contributed by atoms with Gasteiger partial charge in [0, 0.05) is 12.0 Å². The van der Waals surface area contributed by atoms with Crippen molar-refractivity contribution in [2.45, 2.75) is 25.0 Å². The first kappa shape index (κ1) is 11.2. The smallest absolute Gasteiger partial charge is 0.309 e. The summed E-state index contributed by atoms with van der Waals surface area (Å²) in [6.45, 7) is 0. The number of ether oxygens (including phenoxy) is 1. The predicted molar refractivity (Wildman–Crippen MR) is 68.0 cm³/mol. The van der Waals surface area contributed by atoms with E-state index in [9.17, 15) is 9.90 Å². The van der Waals surface area contributed by atoms with Gasteiger partial charge in [-0.2, -0.15) is 0 Å². The number of carbonyl (C=O) groups excluding carboxylic acids is 1. The molecule has 92 valence electrons. The fourth-order valence-corrected chi connectivity index (χ4v) is 2.50. The topological polar surface area (TPSA) is 46.5 Å². The van der Waals surface area contributed by atoms with Crippen molar-refractivity contribution in [1.82, 2.24) is 0 Å². The molecule has 0 saturated carbocycles. The standard InChI is InChI=1S/C15H14O3/c16-11-8-14(18-15(17)9-11)13-7-3-5-10-4-1-2-6-12(10)13/h1-7,11,14,16H,8-9H2/t11-,14+/m1/s1. The molecule has 1 heterocycles. The van der Waals surface area contributed by atoms with Gasteiger partial charge in [-0.3, -0.25) is 4.79 Å². The van der Waals surface area contributed by atoms with Crippen LogP contribution in [0, 0.1) is 0 Å². The maximum Gasteiger partial charge on any atom is 0.309 e. The van der Waals surface area contributed by atoms with Crippen LogP contribution < -0.4 is 0 Å². The number of hydrogen-bond donors (Lipinski definition) is 1. The Kier molecular flexibility index (Phi) is 2.76. The van der Waals surface area contributed by atoms with Gasteiger partial charge in [-0.1, -0.05) is 42.5 Å². The third kappa shape index (κ3) is 1.97. The summed E-state index contributed by atoms with van der Waals surface area (Å²) in [5.41, 5.74) is 0.972. The molecule has 3 rings (SSSR count). The van der Waals surface area contributed by atoms with Gasteiger partial charge in [-0.25, -0.2) is 0 Å². The number of carbonyl (C=O) groups is 1. The van der Waals surface area contributed by atoms with E-state index in [4.69, 9.17) is 4.74 Å². The van der Waals surface area contributed by atoms with Crippen LogP contribution in [-0.4, -0.2) is 17.2 Å². The first-order chi connectivity index (χ1) is 8.74. The summed E-state index contributed by atoms with van der Waals surface area (Å²) in [5.74, 6) is -0.327. The molecule has 1 saturated heterocycles. The minimum atomic E-state index is -0.602. The van der Waals surface area contributed by atoms with E-state index in [1.807, 2.05) is 42.5 Å². The quantitative estimate of drug-likeness (QED) is 0.782. The van der Waals surface area contributed by atoms with E-state index in [0.29, 0.717) is 6.42 Å². The lowest BCUT2D eigenvalue weighted by Crippen LogP contribution is -2.27. The zero-order valence-corrected chi connectivity index (χ0v) is 9.87. The average molecular weight is 242 g/mol. The summed E-state index contributed by atoms with van der Waals surface area (Å²) in [7, 11) is 0. The van der Waals surface area contributed by atoms with Crippen molar-refractivity contribution in [2.24, 2.45) is 0 Å². The Morgan fingerprint density at radius 2 is 1.89 bits per heavy atom. The monoisotopic (exact) mass is 242 g/mol. The molecular formula is C15H14O3. The van der Waals surface area contributed by atoms with E-state index in [-0.39, 0.29) is 18.5 Å². The molecule has 18 heavy (non-hydrogen) atoms. The maximum atomic E-state index is 11.4. The van der Waals surface area contributed by atoms with Gasteiger partial charge >= 0.3 is 5.97 Å². The average Bonchev–Trinajstić information content (AvgIpc) is 2.37. The Morgan fingerprint density at radius 3 is 2.72 bits per heavy atom. The SMILES string of the molecule is O=C1C[C@H](O)C[C@@H](c2cccc3ccccc23)O1. The zero-order chi connectivity index (χ0) is 12.5. The Balaban J connectivity index is 2.06. The molecule has 2 aromatic rings. The Labute approximate surface area is 105 Å². The van der Waals surface area contributed by atoms with Gasteiger partial charge in [0.15, 0.2) is 0 Å². The lowest BCUT2D eigenvalue weighted by atomic mass is 9.94. The summed E-state index contributed by atoms with van der Waals surface area (Å²) in [6, 6.07) is 13.9. The second-order valence-corrected chi connectivity index (χ2v) is 4.64. The molecule has 0 spiro atoms. The highest BCUT2D eigenvalue weighted by atomic mass is 16.5. The van der Waals surface area contributed by atoms with Crippen LogP contribution in [-0.2, 0) is 9.53 Å². The number of aliphatic hydroxyl groups is 1. The number of benzene rings is 2. The molecule has 1 aliphatic heterocycles. The van der Waals surface area contributed by atoms with Crippen molar-refractivity contribution < 1.29 is 14.6 Å². The summed E-state index contributed by atoms with van der Waals surface area (Å²) in [5, 5.41) is 11.9. The molecule has 0 bridgehead atoms. The van der Waals surface area contributed by atoms with E-state index in [2.05, 4.69) is 0 Å². The second kappa shape index (κ2) is 4.42. The van der Waals surface area contributed by atoms with Gasteiger partial charge in [0.1, 0.15) is 6.10 Å². The maximum absolute atomic E-state index is 11.4. The van der Waals surface area contributed by atoms with Crippen molar-refractivity contribution in [2.75, 3.05) is 0 Å². The largest absolute Gasteiger partial charge is 0.457 e. The second-order valence-electron chi connectivity index (χ2n) is 4.64. The van der Waals surface area contributed by atoms with Crippen LogP contribution in [0.1, 0.15) is 24.5 Å². The van der Waals surface area contributed by atoms with Crippen molar-refractivity contribution in [3.63, 3.8) is 0 Å². The van der Waals surface area contributed by atoms with Crippen LogP contribution in [0.5, 0.6) is 0 Å². The predicted octanol–water partition coefficient (Wildman–Crippen LogP) is 2.58. The first-order valence-corrected chi connectivity index (χ1v) is 6.09. The Hall–Kier alpha value is -1.87. The van der Waals surface area contributed by atoms with E-state index < -0.39 is 6.10 Å².